The first kappa shape index (κ1) is 17.4. The fourth-order valence-corrected chi connectivity index (χ4v) is 2.92. The number of aromatic nitrogens is 2. The molecule has 1 saturated carbocycles. The average molecular weight is 338 g/mol. The van der Waals surface area contributed by atoms with Gasteiger partial charge in [0.15, 0.2) is 0 Å². The van der Waals surface area contributed by atoms with Crippen LogP contribution in [0.2, 0.25) is 0 Å². The van der Waals surface area contributed by atoms with Crippen molar-refractivity contribution in [3.05, 3.63) is 53.0 Å². The van der Waals surface area contributed by atoms with E-state index in [9.17, 15) is 4.79 Å². The third-order valence-corrected chi connectivity index (χ3v) is 4.51. The summed E-state index contributed by atoms with van der Waals surface area (Å²) in [6.45, 7) is 3.94. The summed E-state index contributed by atoms with van der Waals surface area (Å²) in [4.78, 5) is 21.4. The number of nitrogens with zero attached hydrogens (tertiary/aromatic N) is 2. The van der Waals surface area contributed by atoms with Crippen LogP contribution < -0.4 is 10.6 Å². The van der Waals surface area contributed by atoms with Crippen molar-refractivity contribution in [3.8, 4) is 0 Å². The van der Waals surface area contributed by atoms with Gasteiger partial charge in [-0.05, 0) is 25.3 Å². The first-order valence-electron chi connectivity index (χ1n) is 9.00. The van der Waals surface area contributed by atoms with Gasteiger partial charge in [-0.15, -0.1) is 0 Å². The third kappa shape index (κ3) is 4.56. The van der Waals surface area contributed by atoms with Gasteiger partial charge in [-0.3, -0.25) is 4.79 Å². The first-order valence-corrected chi connectivity index (χ1v) is 9.00. The van der Waals surface area contributed by atoms with Crippen LogP contribution in [0.4, 0.5) is 5.82 Å². The Labute approximate surface area is 149 Å². The van der Waals surface area contributed by atoms with Gasteiger partial charge in [-0.25, -0.2) is 9.97 Å². The van der Waals surface area contributed by atoms with Crippen LogP contribution in [-0.4, -0.2) is 22.9 Å². The molecule has 25 heavy (non-hydrogen) atoms. The highest BCUT2D eigenvalue weighted by Crippen LogP contribution is 2.38. The van der Waals surface area contributed by atoms with Crippen molar-refractivity contribution in [1.82, 2.24) is 15.3 Å². The quantitative estimate of drug-likeness (QED) is 0.811. The van der Waals surface area contributed by atoms with E-state index in [1.54, 1.807) is 0 Å². The number of carbonyl (C=O) groups is 1. The molecule has 2 N–H and O–H groups in total. The molecule has 2 aromatic rings. The van der Waals surface area contributed by atoms with Crippen LogP contribution >= 0.6 is 0 Å². The van der Waals surface area contributed by atoms with Crippen LogP contribution in [0, 0.1) is 6.92 Å². The van der Waals surface area contributed by atoms with Crippen LogP contribution in [0.1, 0.15) is 60.8 Å². The number of rotatable bonds is 7. The maximum Gasteiger partial charge on any atom is 0.220 e. The molecule has 1 heterocycles. The molecule has 5 nitrogen and oxygen atoms in total. The minimum absolute atomic E-state index is 0.0526. The lowest BCUT2D eigenvalue weighted by atomic mass is 9.99. The van der Waals surface area contributed by atoms with Crippen molar-refractivity contribution in [2.24, 2.45) is 0 Å². The third-order valence-electron chi connectivity index (χ3n) is 4.51. The fourth-order valence-electron chi connectivity index (χ4n) is 2.92. The molecule has 0 saturated heterocycles. The lowest BCUT2D eigenvalue weighted by molar-refractivity contribution is -0.121. The molecule has 1 aliphatic carbocycles. The molecule has 5 heteroatoms. The smallest absolute Gasteiger partial charge is 0.220 e. The second kappa shape index (κ2) is 7.64. The Morgan fingerprint density at radius 3 is 2.72 bits per heavy atom. The standard InChI is InChI=1S/C20H26N4O/c1-4-19(25)23-17(15-7-5-6-13(2)10-15)11-16-12-18(21-3)24-20(22-16)14-8-9-14/h5-7,10,12,14,17H,4,8-9,11H2,1-3H3,(H,23,25)(H,21,22,24). The fraction of sp³-hybridized carbons (Fsp3) is 0.450. The van der Waals surface area contributed by atoms with E-state index in [0.717, 1.165) is 22.9 Å². The zero-order chi connectivity index (χ0) is 17.8. The summed E-state index contributed by atoms with van der Waals surface area (Å²) in [7, 11) is 1.87. The van der Waals surface area contributed by atoms with Gasteiger partial charge in [-0.1, -0.05) is 36.8 Å². The zero-order valence-electron chi connectivity index (χ0n) is 15.2. The predicted octanol–water partition coefficient (Wildman–Crippen LogP) is 3.51. The minimum atomic E-state index is -0.0843. The van der Waals surface area contributed by atoms with E-state index in [0.29, 0.717) is 18.8 Å². The molecule has 0 bridgehead atoms. The van der Waals surface area contributed by atoms with Crippen molar-refractivity contribution >= 4 is 11.7 Å². The van der Waals surface area contributed by atoms with E-state index in [2.05, 4.69) is 40.7 Å². The molecule has 1 amide bonds. The minimum Gasteiger partial charge on any atom is -0.373 e. The molecule has 1 atom stereocenters. The summed E-state index contributed by atoms with van der Waals surface area (Å²) in [5.41, 5.74) is 3.26. The molecular formula is C20H26N4O. The molecule has 1 aliphatic rings. The van der Waals surface area contributed by atoms with E-state index in [1.807, 2.05) is 26.1 Å². The molecule has 1 unspecified atom stereocenters. The van der Waals surface area contributed by atoms with Crippen molar-refractivity contribution in [1.29, 1.82) is 0 Å². The Morgan fingerprint density at radius 2 is 2.08 bits per heavy atom. The SMILES string of the molecule is CCC(=O)NC(Cc1cc(NC)nc(C2CC2)n1)c1cccc(C)c1. The lowest BCUT2D eigenvalue weighted by Gasteiger charge is -2.20. The molecule has 3 rings (SSSR count). The van der Waals surface area contributed by atoms with Crippen molar-refractivity contribution in [2.45, 2.75) is 51.5 Å². The van der Waals surface area contributed by atoms with Crippen LogP contribution in [0.15, 0.2) is 30.3 Å². The summed E-state index contributed by atoms with van der Waals surface area (Å²) < 4.78 is 0. The summed E-state index contributed by atoms with van der Waals surface area (Å²) in [5.74, 6) is 2.31. The number of nitrogens with one attached hydrogen (secondary N) is 2. The first-order chi connectivity index (χ1) is 12.1. The Hall–Kier alpha value is -2.43. The van der Waals surface area contributed by atoms with Crippen molar-refractivity contribution in [2.75, 3.05) is 12.4 Å². The maximum atomic E-state index is 12.0. The number of benzene rings is 1. The van der Waals surface area contributed by atoms with Crippen LogP contribution in [0.3, 0.4) is 0 Å². The summed E-state index contributed by atoms with van der Waals surface area (Å²) in [5, 5.41) is 6.27. The van der Waals surface area contributed by atoms with E-state index in [1.165, 1.54) is 18.4 Å². The molecule has 132 valence electrons. The van der Waals surface area contributed by atoms with Gasteiger partial charge in [0.05, 0.1) is 6.04 Å². The largest absolute Gasteiger partial charge is 0.373 e. The highest BCUT2D eigenvalue weighted by Gasteiger charge is 2.27. The molecule has 0 spiro atoms. The van der Waals surface area contributed by atoms with Crippen LogP contribution in [-0.2, 0) is 11.2 Å². The second-order valence-electron chi connectivity index (χ2n) is 6.72. The Bertz CT molecular complexity index is 755. The topological polar surface area (TPSA) is 66.9 Å². The van der Waals surface area contributed by atoms with Gasteiger partial charge in [0.1, 0.15) is 11.6 Å². The number of anilines is 1. The predicted molar refractivity (Wildman–Crippen MR) is 99.6 cm³/mol. The van der Waals surface area contributed by atoms with Crippen molar-refractivity contribution in [3.63, 3.8) is 0 Å². The number of carbonyl (C=O) groups excluding carboxylic acids is 1. The number of hydrogen-bond donors (Lipinski definition) is 2. The normalized spacial score (nSPS) is 14.8. The molecule has 1 aromatic heterocycles. The summed E-state index contributed by atoms with van der Waals surface area (Å²) in [6.07, 6.45) is 3.47. The van der Waals surface area contributed by atoms with Crippen molar-refractivity contribution < 1.29 is 4.79 Å². The monoisotopic (exact) mass is 338 g/mol. The van der Waals surface area contributed by atoms with Gasteiger partial charge in [0.25, 0.3) is 0 Å². The van der Waals surface area contributed by atoms with E-state index < -0.39 is 0 Å². The highest BCUT2D eigenvalue weighted by molar-refractivity contribution is 5.76. The molecule has 0 aliphatic heterocycles. The average Bonchev–Trinajstić information content (AvgIpc) is 3.46. The van der Waals surface area contributed by atoms with Gasteiger partial charge in [0.2, 0.25) is 5.91 Å². The molecule has 1 fully saturated rings. The Morgan fingerprint density at radius 1 is 1.28 bits per heavy atom. The van der Waals surface area contributed by atoms with Gasteiger partial charge in [0, 0.05) is 37.6 Å². The number of aryl methyl sites for hydroxylation is 1. The van der Waals surface area contributed by atoms with E-state index >= 15 is 0 Å². The number of amides is 1. The molecule has 1 aromatic carbocycles. The van der Waals surface area contributed by atoms with Gasteiger partial charge < -0.3 is 10.6 Å². The summed E-state index contributed by atoms with van der Waals surface area (Å²) >= 11 is 0. The number of hydrogen-bond acceptors (Lipinski definition) is 4. The maximum absolute atomic E-state index is 12.0. The molecule has 0 radical (unpaired) electrons. The second-order valence-corrected chi connectivity index (χ2v) is 6.72. The molecular weight excluding hydrogens is 312 g/mol. The van der Waals surface area contributed by atoms with E-state index in [4.69, 9.17) is 4.98 Å². The van der Waals surface area contributed by atoms with Crippen LogP contribution in [0.5, 0.6) is 0 Å². The van der Waals surface area contributed by atoms with Gasteiger partial charge >= 0.3 is 0 Å². The van der Waals surface area contributed by atoms with Gasteiger partial charge in [-0.2, -0.15) is 0 Å². The van der Waals surface area contributed by atoms with Crippen LogP contribution in [0.25, 0.3) is 0 Å². The summed E-state index contributed by atoms with van der Waals surface area (Å²) in [6, 6.07) is 10.2. The Kier molecular flexibility index (Phi) is 5.31. The Balaban J connectivity index is 1.89. The zero-order valence-corrected chi connectivity index (χ0v) is 15.2. The highest BCUT2D eigenvalue weighted by atomic mass is 16.1. The van der Waals surface area contributed by atoms with E-state index in [-0.39, 0.29) is 11.9 Å². The lowest BCUT2D eigenvalue weighted by Crippen LogP contribution is -2.29.